The second kappa shape index (κ2) is 8.78. The molecular weight excluding hydrogens is 434 g/mol. The number of para-hydroxylation sites is 1. The molecule has 0 N–H and O–H groups in total. The van der Waals surface area contributed by atoms with Crippen LogP contribution in [0.25, 0.3) is 0 Å². The van der Waals surface area contributed by atoms with E-state index >= 15 is 0 Å². The average Bonchev–Trinajstić information content (AvgIpc) is 3.38. The van der Waals surface area contributed by atoms with Gasteiger partial charge in [-0.3, -0.25) is 19.8 Å². The maximum Gasteiger partial charge on any atom is 0.282 e. The molecule has 9 heteroatoms. The Morgan fingerprint density at radius 2 is 1.65 bits per heavy atom. The maximum absolute atomic E-state index is 13.8. The fourth-order valence-electron chi connectivity index (χ4n) is 4.43. The third-order valence-corrected chi connectivity index (χ3v) is 6.06. The molecule has 0 radical (unpaired) electrons. The molecule has 0 fully saturated rings. The molecular formula is C25H21N5O4. The average molecular weight is 455 g/mol. The largest absolute Gasteiger partial charge is 0.497 e. The molecule has 34 heavy (non-hydrogen) atoms. The topological polar surface area (TPSA) is 103 Å². The summed E-state index contributed by atoms with van der Waals surface area (Å²) in [6.45, 7) is 0. The molecule has 1 aliphatic heterocycles. The Bertz CT molecular complexity index is 1340. The standard InChI is InChI=1S/C25H21N5O4/c1-34-19-13-11-18(12-14-19)23-15-22(17-7-3-2-4-8-17)28(25-26-16-27-29(23)25)24(31)20-9-5-6-10-21(20)30(32)33/h2-14,16,22-23H,15H2,1H3/t22-,23-/m0/s1. The van der Waals surface area contributed by atoms with Gasteiger partial charge in [0.2, 0.25) is 5.95 Å². The number of benzene rings is 3. The minimum atomic E-state index is -0.542. The highest BCUT2D eigenvalue weighted by atomic mass is 16.6. The third kappa shape index (κ3) is 3.66. The Labute approximate surface area is 195 Å². The van der Waals surface area contributed by atoms with Crippen molar-refractivity contribution >= 4 is 17.5 Å². The lowest BCUT2D eigenvalue weighted by atomic mass is 9.91. The van der Waals surface area contributed by atoms with Crippen LogP contribution in [0.15, 0.2) is 85.2 Å². The Morgan fingerprint density at radius 3 is 2.35 bits per heavy atom. The summed E-state index contributed by atoms with van der Waals surface area (Å²) in [6, 6.07) is 22.7. The van der Waals surface area contributed by atoms with Crippen molar-refractivity contribution in [3.05, 3.63) is 112 Å². The van der Waals surface area contributed by atoms with Gasteiger partial charge in [-0.25, -0.2) is 4.68 Å². The van der Waals surface area contributed by atoms with Crippen molar-refractivity contribution in [2.45, 2.75) is 18.5 Å². The molecule has 9 nitrogen and oxygen atoms in total. The predicted molar refractivity (Wildman–Crippen MR) is 125 cm³/mol. The van der Waals surface area contributed by atoms with Crippen molar-refractivity contribution in [3.8, 4) is 5.75 Å². The smallest absolute Gasteiger partial charge is 0.282 e. The van der Waals surface area contributed by atoms with Crippen LogP contribution in [0.4, 0.5) is 11.6 Å². The van der Waals surface area contributed by atoms with E-state index in [0.717, 1.165) is 16.9 Å². The number of rotatable bonds is 5. The zero-order valence-electron chi connectivity index (χ0n) is 18.3. The van der Waals surface area contributed by atoms with Crippen LogP contribution in [0.5, 0.6) is 5.75 Å². The van der Waals surface area contributed by atoms with Gasteiger partial charge < -0.3 is 4.74 Å². The van der Waals surface area contributed by atoms with Crippen LogP contribution >= 0.6 is 0 Å². The first-order valence-electron chi connectivity index (χ1n) is 10.7. The lowest BCUT2D eigenvalue weighted by Gasteiger charge is -2.39. The van der Waals surface area contributed by atoms with E-state index in [9.17, 15) is 14.9 Å². The minimum absolute atomic E-state index is 0.00544. The molecule has 2 heterocycles. The van der Waals surface area contributed by atoms with E-state index < -0.39 is 16.9 Å². The number of ether oxygens (including phenoxy) is 1. The number of aromatic nitrogens is 3. The highest BCUT2D eigenvalue weighted by Crippen LogP contribution is 2.43. The first-order chi connectivity index (χ1) is 16.6. The van der Waals surface area contributed by atoms with Crippen molar-refractivity contribution in [1.82, 2.24) is 14.8 Å². The second-order valence-corrected chi connectivity index (χ2v) is 7.91. The van der Waals surface area contributed by atoms with Gasteiger partial charge in [0.15, 0.2) is 0 Å². The van der Waals surface area contributed by atoms with Crippen molar-refractivity contribution in [3.63, 3.8) is 0 Å². The maximum atomic E-state index is 13.8. The SMILES string of the molecule is COc1ccc([C@@H]2C[C@@H](c3ccccc3)N(C(=O)c3ccccc3[N+](=O)[O-])c3ncnn32)cc1. The number of nitro benzene ring substituents is 1. The van der Waals surface area contributed by atoms with Crippen molar-refractivity contribution in [2.24, 2.45) is 0 Å². The summed E-state index contributed by atoms with van der Waals surface area (Å²) in [6.07, 6.45) is 1.91. The van der Waals surface area contributed by atoms with E-state index in [4.69, 9.17) is 4.74 Å². The number of carbonyl (C=O) groups is 1. The van der Waals surface area contributed by atoms with Crippen LogP contribution in [0.2, 0.25) is 0 Å². The summed E-state index contributed by atoms with van der Waals surface area (Å²) < 4.78 is 6.99. The molecule has 2 atom stereocenters. The Hall–Kier alpha value is -4.53. The molecule has 1 aromatic heterocycles. The van der Waals surface area contributed by atoms with Crippen LogP contribution in [-0.4, -0.2) is 32.7 Å². The summed E-state index contributed by atoms with van der Waals surface area (Å²) in [5, 5.41) is 16.1. The molecule has 0 saturated carbocycles. The molecule has 5 rings (SSSR count). The van der Waals surface area contributed by atoms with Crippen LogP contribution in [-0.2, 0) is 0 Å². The Morgan fingerprint density at radius 1 is 0.971 bits per heavy atom. The van der Waals surface area contributed by atoms with Crippen LogP contribution in [0, 0.1) is 10.1 Å². The molecule has 170 valence electrons. The summed E-state index contributed by atoms with van der Waals surface area (Å²) in [7, 11) is 1.61. The number of amides is 1. The molecule has 0 spiro atoms. The number of methoxy groups -OCH3 is 1. The number of fused-ring (bicyclic) bond motifs is 1. The summed E-state index contributed by atoms with van der Waals surface area (Å²) in [4.78, 5) is 30.8. The van der Waals surface area contributed by atoms with Gasteiger partial charge in [-0.05, 0) is 35.7 Å². The van der Waals surface area contributed by atoms with E-state index in [0.29, 0.717) is 12.4 Å². The summed E-state index contributed by atoms with van der Waals surface area (Å²) in [5.74, 6) is 0.582. The normalized spacial score (nSPS) is 17.1. The number of anilines is 1. The van der Waals surface area contributed by atoms with E-state index in [1.807, 2.05) is 54.6 Å². The number of nitrogens with zero attached hydrogens (tertiary/aromatic N) is 5. The zero-order chi connectivity index (χ0) is 23.7. The summed E-state index contributed by atoms with van der Waals surface area (Å²) in [5.41, 5.74) is 1.65. The Kier molecular flexibility index (Phi) is 5.51. The predicted octanol–water partition coefficient (Wildman–Crippen LogP) is 4.58. The van der Waals surface area contributed by atoms with E-state index in [1.165, 1.54) is 23.4 Å². The minimum Gasteiger partial charge on any atom is -0.497 e. The monoisotopic (exact) mass is 455 g/mol. The summed E-state index contributed by atoms with van der Waals surface area (Å²) >= 11 is 0. The van der Waals surface area contributed by atoms with E-state index in [2.05, 4.69) is 10.1 Å². The van der Waals surface area contributed by atoms with Crippen LogP contribution in [0.3, 0.4) is 0 Å². The van der Waals surface area contributed by atoms with E-state index in [1.54, 1.807) is 23.9 Å². The first-order valence-corrected chi connectivity index (χ1v) is 10.7. The van der Waals surface area contributed by atoms with Crippen molar-refractivity contribution in [2.75, 3.05) is 12.0 Å². The fraction of sp³-hybridized carbons (Fsp3) is 0.160. The Balaban J connectivity index is 1.65. The van der Waals surface area contributed by atoms with Gasteiger partial charge in [0.1, 0.15) is 17.6 Å². The molecule has 0 bridgehead atoms. The van der Waals surface area contributed by atoms with Crippen molar-refractivity contribution < 1.29 is 14.5 Å². The molecule has 0 unspecified atom stereocenters. The third-order valence-electron chi connectivity index (χ3n) is 6.06. The number of hydrogen-bond donors (Lipinski definition) is 0. The van der Waals surface area contributed by atoms with Crippen molar-refractivity contribution in [1.29, 1.82) is 0 Å². The number of carbonyl (C=O) groups excluding carboxylic acids is 1. The highest BCUT2D eigenvalue weighted by molar-refractivity contribution is 6.08. The van der Waals surface area contributed by atoms with Gasteiger partial charge >= 0.3 is 0 Å². The van der Waals surface area contributed by atoms with Crippen LogP contribution < -0.4 is 9.64 Å². The van der Waals surface area contributed by atoms with Gasteiger partial charge in [0.25, 0.3) is 11.6 Å². The van der Waals surface area contributed by atoms with Gasteiger partial charge in [0, 0.05) is 6.07 Å². The molecule has 3 aromatic carbocycles. The van der Waals surface area contributed by atoms with Gasteiger partial charge in [-0.1, -0.05) is 54.6 Å². The number of nitro groups is 1. The van der Waals surface area contributed by atoms with E-state index in [-0.39, 0.29) is 17.3 Å². The van der Waals surface area contributed by atoms with Gasteiger partial charge in [0.05, 0.1) is 24.1 Å². The molecule has 0 saturated heterocycles. The second-order valence-electron chi connectivity index (χ2n) is 7.91. The number of hydrogen-bond acceptors (Lipinski definition) is 6. The lowest BCUT2D eigenvalue weighted by molar-refractivity contribution is -0.385. The molecule has 4 aromatic rings. The quantitative estimate of drug-likeness (QED) is 0.322. The highest BCUT2D eigenvalue weighted by Gasteiger charge is 2.41. The fourth-order valence-corrected chi connectivity index (χ4v) is 4.43. The van der Waals surface area contributed by atoms with Gasteiger partial charge in [-0.15, -0.1) is 0 Å². The first kappa shape index (κ1) is 21.3. The lowest BCUT2D eigenvalue weighted by Crippen LogP contribution is -2.42. The zero-order valence-corrected chi connectivity index (χ0v) is 18.3. The molecule has 0 aliphatic carbocycles. The molecule has 1 aliphatic rings. The molecule has 1 amide bonds. The van der Waals surface area contributed by atoms with Crippen LogP contribution in [0.1, 0.15) is 40.0 Å². The van der Waals surface area contributed by atoms with Gasteiger partial charge in [-0.2, -0.15) is 10.1 Å².